The molecule has 16 aliphatic carbocycles. The summed E-state index contributed by atoms with van der Waals surface area (Å²) in [5.41, 5.74) is -8.54. The summed E-state index contributed by atoms with van der Waals surface area (Å²) in [6.07, 6.45) is 17.6. The van der Waals surface area contributed by atoms with Crippen LogP contribution in [-0.2, 0) is 66.7 Å². The lowest BCUT2D eigenvalue weighted by Gasteiger charge is -2.60. The van der Waals surface area contributed by atoms with Gasteiger partial charge in [0.05, 0.1) is 48.8 Å². The topological polar surface area (TPSA) is 338 Å². The number of aliphatic hydroxyl groups excluding tert-OH is 8. The zero-order valence-electron chi connectivity index (χ0n) is 77.3. The normalized spacial score (nSPS) is 51.1. The fourth-order valence-electron chi connectivity index (χ4n) is 32.5. The number of fused-ring (bicyclic) bond motifs is 28. The number of alkyl halides is 4. The van der Waals surface area contributed by atoms with Crippen LogP contribution < -0.4 is 0 Å². The van der Waals surface area contributed by atoms with E-state index in [0.717, 1.165) is 24.0 Å². The minimum Gasteiger partial charge on any atom is -0.393 e. The van der Waals surface area contributed by atoms with Crippen LogP contribution in [0.2, 0.25) is 0 Å². The van der Waals surface area contributed by atoms with Gasteiger partial charge in [0.2, 0.25) is 0 Å². The van der Waals surface area contributed by atoms with Crippen LogP contribution in [0.3, 0.4) is 0 Å². The molecule has 0 aromatic carbocycles. The average Bonchev–Trinajstić information content (AvgIpc) is 1.51. The van der Waals surface area contributed by atoms with Gasteiger partial charge >= 0.3 is 0 Å². The second-order valence-electron chi connectivity index (χ2n) is 43.8. The first kappa shape index (κ1) is 95.6. The zero-order chi connectivity index (χ0) is 92.5. The molecule has 0 bridgehead atoms. The molecule has 4 aliphatic heterocycles. The van der Waals surface area contributed by atoms with Crippen LogP contribution in [-0.4, -0.2) is 221 Å². The van der Waals surface area contributed by atoms with E-state index in [9.17, 15) is 69.6 Å². The van der Waals surface area contributed by atoms with Gasteiger partial charge in [-0.15, -0.1) is 0 Å². The molecule has 0 spiro atoms. The van der Waals surface area contributed by atoms with Gasteiger partial charge in [0, 0.05) is 67.0 Å². The fraction of sp³-hybridized carbons (Fsp3) is 0.780. The molecule has 4 saturated heterocycles. The summed E-state index contributed by atoms with van der Waals surface area (Å²) in [4.78, 5) is 76.5. The van der Waals surface area contributed by atoms with Gasteiger partial charge in [-0.3, -0.25) is 28.8 Å². The maximum atomic E-state index is 15.4. The highest BCUT2D eigenvalue weighted by Gasteiger charge is 2.83. The van der Waals surface area contributed by atoms with Gasteiger partial charge in [0.25, 0.3) is 0 Å². The number of rotatable bonds is 8. The number of halogens is 4. The summed E-state index contributed by atoms with van der Waals surface area (Å²) in [5.74, 6) is -7.73. The molecule has 8 N–H and O–H groups in total. The molecule has 12 saturated carbocycles. The van der Waals surface area contributed by atoms with Crippen molar-refractivity contribution >= 4 is 34.7 Å². The SMILES string of the molecule is CC.CC.CC1(C)O[C@@H]2C[C@H]3[C@@H]4C[C@H](F)C5=CC(=O)C=C[C@]5(C)[C@H]4[C@@H](O)C[C@]3(C)[C@]2(C(=O)CO)O1.CC1(C)O[C@@H]2C[C@H]3[C@@H]4C[C@H](F)C5=CC(=O)C=C[C@]5(C)[C@H]4[C@@H](O)C[C@]3(C)[C@]2(C(=O)CO)O1.CC1(C)O[C@@H]2C[C@H]3[C@@H]4C[C@H](F)C5=CCC=C[C@]5(C)[C@H]4[C@@H](O)C[C@]3(C)[C@]2(C(=O)CO)O1.CC1(C)O[C@@H]2C[C@H]3[C@@H]4C[C@H](F)C5=CCC=C[C@]5(C)[C@H]4[C@@H](O)C[C@]3(C)[C@]2(C(=O)CO)O1. The standard InChI is InChI=1S/2C24H31FO6.2C24H33FO5.2C2H6/c2*1-21(2)30-19-9-14-13-8-16(25)15-7-12(27)5-6-22(15,3)20(13)17(28)10-23(14,4)24(19,31-21)18(29)11-26;2*1-21(2)29-19-10-15-13-9-16(25)14-7-5-6-8-22(14,3)20(13)17(27)11-23(15,4)24(19,30-21)18(28)12-26;2*1-2/h2*5-7,13-14,16-17,19-20,26,28H,8-11H2,1-4H3;2*6-8,13,15-17,19-20,26-27H,5,9-12H2,1-4H3;2*1-2H3/t2*13-,14-,16-,17-,19+,20+,22-,23-,24+;2*13-,15-,16-,17-,19+,20+,22-,23-,24+;;/m0000../s1. The molecular formula is C100H140F4O22. The summed E-state index contributed by atoms with van der Waals surface area (Å²) >= 11 is 0. The molecule has 20 aliphatic rings. The van der Waals surface area contributed by atoms with Crippen LogP contribution in [0.1, 0.15) is 228 Å². The summed E-state index contributed by atoms with van der Waals surface area (Å²) < 4.78 is 112. The van der Waals surface area contributed by atoms with Crippen molar-refractivity contribution in [3.05, 3.63) is 95.2 Å². The van der Waals surface area contributed by atoms with Crippen molar-refractivity contribution in [2.24, 2.45) is 114 Å². The molecule has 0 unspecified atom stereocenters. The average molecular weight is 1770 g/mol. The Balaban J connectivity index is 0.000000128. The molecule has 126 heavy (non-hydrogen) atoms. The molecule has 4 heterocycles. The Kier molecular flexibility index (Phi) is 24.2. The smallest absolute Gasteiger partial charge is 0.193 e. The molecule has 22 nitrogen and oxygen atoms in total. The number of ketones is 6. The van der Waals surface area contributed by atoms with Gasteiger partial charge in [0.1, 0.15) is 51.1 Å². The van der Waals surface area contributed by atoms with Crippen molar-refractivity contribution in [2.45, 2.75) is 347 Å². The van der Waals surface area contributed by atoms with E-state index in [1.54, 1.807) is 67.5 Å². The molecule has 36 atom stereocenters. The number of Topliss-reactive ketones (excluding diaryl/α,β-unsaturated/α-hetero) is 4. The van der Waals surface area contributed by atoms with Crippen molar-refractivity contribution in [3.8, 4) is 0 Å². The highest BCUT2D eigenvalue weighted by molar-refractivity contribution is 6.02. The first-order valence-corrected chi connectivity index (χ1v) is 46.8. The van der Waals surface area contributed by atoms with Gasteiger partial charge in [0.15, 0.2) is 80.3 Å². The first-order valence-electron chi connectivity index (χ1n) is 46.8. The summed E-state index contributed by atoms with van der Waals surface area (Å²) in [5, 5.41) is 85.1. The lowest BCUT2D eigenvalue weighted by Crippen LogP contribution is -2.64. The van der Waals surface area contributed by atoms with Crippen molar-refractivity contribution < 1.29 is 125 Å². The van der Waals surface area contributed by atoms with Crippen LogP contribution in [0.5, 0.6) is 0 Å². The molecule has 700 valence electrons. The minimum atomic E-state index is -1.37. The lowest BCUT2D eigenvalue weighted by atomic mass is 9.46. The Labute approximate surface area is 739 Å². The van der Waals surface area contributed by atoms with Crippen LogP contribution in [0.25, 0.3) is 0 Å². The number of hydrogen-bond acceptors (Lipinski definition) is 22. The number of allylic oxidation sites excluding steroid dienone is 16. The van der Waals surface area contributed by atoms with Gasteiger partial charge in [-0.25, -0.2) is 17.6 Å². The minimum absolute atomic E-state index is 0.0329. The van der Waals surface area contributed by atoms with Gasteiger partial charge < -0.3 is 78.7 Å². The number of carbonyl (C=O) groups is 6. The van der Waals surface area contributed by atoms with E-state index in [-0.39, 0.29) is 108 Å². The van der Waals surface area contributed by atoms with E-state index in [0.29, 0.717) is 62.5 Å². The Morgan fingerprint density at radius 1 is 0.341 bits per heavy atom. The van der Waals surface area contributed by atoms with Gasteiger partial charge in [-0.2, -0.15) is 0 Å². The number of hydrogen-bond donors (Lipinski definition) is 8. The molecule has 26 heteroatoms. The van der Waals surface area contributed by atoms with Gasteiger partial charge in [-0.1, -0.05) is 132 Å². The van der Waals surface area contributed by atoms with E-state index in [1.807, 2.05) is 95.2 Å². The van der Waals surface area contributed by atoms with Crippen molar-refractivity contribution in [3.63, 3.8) is 0 Å². The predicted molar refractivity (Wildman–Crippen MR) is 456 cm³/mol. The molecule has 16 fully saturated rings. The van der Waals surface area contributed by atoms with Crippen LogP contribution in [0.4, 0.5) is 17.6 Å². The Morgan fingerprint density at radius 2 is 0.556 bits per heavy atom. The third kappa shape index (κ3) is 13.2. The molecule has 0 aromatic rings. The predicted octanol–water partition coefficient (Wildman–Crippen LogP) is 12.8. The Bertz CT molecular complexity index is 4340. The maximum absolute atomic E-state index is 15.4. The van der Waals surface area contributed by atoms with Crippen molar-refractivity contribution in [2.75, 3.05) is 26.4 Å². The summed E-state index contributed by atoms with van der Waals surface area (Å²) in [6.45, 7) is 35.2. The Hall–Kier alpha value is -4.98. The third-order valence-electron chi connectivity index (χ3n) is 36.2. The summed E-state index contributed by atoms with van der Waals surface area (Å²) in [6, 6.07) is 0. The first-order chi connectivity index (χ1) is 58.8. The Morgan fingerprint density at radius 3 is 0.778 bits per heavy atom. The molecule has 0 aromatic heterocycles. The van der Waals surface area contributed by atoms with Crippen molar-refractivity contribution in [1.29, 1.82) is 0 Å². The number of aliphatic hydroxyl groups is 8. The summed E-state index contributed by atoms with van der Waals surface area (Å²) in [7, 11) is 0. The lowest BCUT2D eigenvalue weighted by molar-refractivity contribution is -0.226. The van der Waals surface area contributed by atoms with Crippen LogP contribution in [0.15, 0.2) is 95.2 Å². The van der Waals surface area contributed by atoms with Gasteiger partial charge in [-0.05, 0) is 239 Å². The molecule has 20 rings (SSSR count). The highest BCUT2D eigenvalue weighted by atomic mass is 19.1. The largest absolute Gasteiger partial charge is 0.393 e. The quantitative estimate of drug-likeness (QED) is 0.0826. The molecule has 0 radical (unpaired) electrons. The van der Waals surface area contributed by atoms with Crippen LogP contribution in [0, 0.1) is 114 Å². The second-order valence-corrected chi connectivity index (χ2v) is 43.8. The van der Waals surface area contributed by atoms with Crippen molar-refractivity contribution in [1.82, 2.24) is 0 Å². The number of ether oxygens (including phenoxy) is 8. The van der Waals surface area contributed by atoms with Crippen LogP contribution >= 0.6 is 0 Å². The zero-order valence-corrected chi connectivity index (χ0v) is 77.3. The molecule has 0 amide bonds. The third-order valence-corrected chi connectivity index (χ3v) is 36.2. The monoisotopic (exact) mass is 1770 g/mol. The number of carbonyl (C=O) groups excluding carboxylic acids is 6. The fourth-order valence-corrected chi connectivity index (χ4v) is 32.5. The van der Waals surface area contributed by atoms with E-state index in [4.69, 9.17) is 37.9 Å². The highest BCUT2D eigenvalue weighted by Crippen LogP contribution is 2.77. The van der Waals surface area contributed by atoms with E-state index >= 15 is 17.6 Å². The second kappa shape index (κ2) is 31.9. The van der Waals surface area contributed by atoms with E-state index < -0.39 is 212 Å². The van der Waals surface area contributed by atoms with E-state index in [2.05, 4.69) is 24.3 Å². The molecular weight excluding hydrogens is 1630 g/mol. The van der Waals surface area contributed by atoms with E-state index in [1.165, 1.54) is 24.3 Å². The maximum Gasteiger partial charge on any atom is 0.193 e.